The molecule has 3 N–H and O–H groups in total. The van der Waals surface area contributed by atoms with E-state index in [0.717, 1.165) is 16.7 Å². The molecule has 3 rings (SSSR count). The van der Waals surface area contributed by atoms with Gasteiger partial charge in [-0.3, -0.25) is 9.25 Å². The number of imidazole rings is 1. The van der Waals surface area contributed by atoms with Crippen molar-refractivity contribution >= 4 is 16.7 Å². The first kappa shape index (κ1) is 11.7. The molecule has 0 aliphatic heterocycles. The van der Waals surface area contributed by atoms with Crippen LogP contribution in [0.15, 0.2) is 30.6 Å². The van der Waals surface area contributed by atoms with Crippen LogP contribution >= 0.6 is 0 Å². The number of hydrogen-bond acceptors (Lipinski definition) is 4. The summed E-state index contributed by atoms with van der Waals surface area (Å²) >= 11 is 0. The SMILES string of the molecule is CC(O)c1nc2cc(N)ccc2n1-c1cnn(C)c1. The van der Waals surface area contributed by atoms with Crippen molar-refractivity contribution in [2.75, 3.05) is 5.73 Å². The van der Waals surface area contributed by atoms with Crippen LogP contribution in [-0.4, -0.2) is 24.4 Å². The number of rotatable bonds is 2. The average Bonchev–Trinajstić information content (AvgIpc) is 2.91. The fourth-order valence-corrected chi connectivity index (χ4v) is 2.19. The minimum absolute atomic E-state index is 0.577. The van der Waals surface area contributed by atoms with E-state index >= 15 is 0 Å². The summed E-state index contributed by atoms with van der Waals surface area (Å²) in [5, 5.41) is 14.1. The molecular weight excluding hydrogens is 242 g/mol. The van der Waals surface area contributed by atoms with Gasteiger partial charge in [-0.2, -0.15) is 5.10 Å². The number of hydrogen-bond donors (Lipinski definition) is 2. The molecule has 2 aromatic heterocycles. The number of aliphatic hydroxyl groups is 1. The Kier molecular flexibility index (Phi) is 2.53. The van der Waals surface area contributed by atoms with E-state index in [1.807, 2.05) is 29.9 Å². The fraction of sp³-hybridized carbons (Fsp3) is 0.231. The predicted molar refractivity (Wildman–Crippen MR) is 72.9 cm³/mol. The number of nitrogens with two attached hydrogens (primary N) is 1. The Hall–Kier alpha value is -2.34. The van der Waals surface area contributed by atoms with Crippen molar-refractivity contribution in [1.29, 1.82) is 0 Å². The van der Waals surface area contributed by atoms with E-state index in [2.05, 4.69) is 10.1 Å². The van der Waals surface area contributed by atoms with Crippen molar-refractivity contribution in [3.8, 4) is 5.69 Å². The van der Waals surface area contributed by atoms with Crippen molar-refractivity contribution in [3.05, 3.63) is 36.4 Å². The average molecular weight is 257 g/mol. The minimum Gasteiger partial charge on any atom is -0.399 e. The van der Waals surface area contributed by atoms with Crippen LogP contribution < -0.4 is 5.73 Å². The van der Waals surface area contributed by atoms with Gasteiger partial charge < -0.3 is 10.8 Å². The Balaban J connectivity index is 2.34. The van der Waals surface area contributed by atoms with Crippen LogP contribution in [0.4, 0.5) is 5.69 Å². The molecule has 0 spiro atoms. The Morgan fingerprint density at radius 1 is 1.37 bits per heavy atom. The predicted octanol–water partition coefficient (Wildman–Crippen LogP) is 1.39. The number of anilines is 1. The lowest BCUT2D eigenvalue weighted by Gasteiger charge is -2.08. The van der Waals surface area contributed by atoms with Gasteiger partial charge >= 0.3 is 0 Å². The van der Waals surface area contributed by atoms with Crippen LogP contribution in [0.2, 0.25) is 0 Å². The number of aliphatic hydroxyl groups excluding tert-OH is 1. The Bertz CT molecular complexity index is 741. The summed E-state index contributed by atoms with van der Waals surface area (Å²) in [4.78, 5) is 4.45. The highest BCUT2D eigenvalue weighted by molar-refractivity contribution is 5.81. The maximum absolute atomic E-state index is 9.90. The van der Waals surface area contributed by atoms with E-state index in [1.165, 1.54) is 0 Å². The van der Waals surface area contributed by atoms with E-state index in [4.69, 9.17) is 5.73 Å². The van der Waals surface area contributed by atoms with Crippen LogP contribution in [0, 0.1) is 0 Å². The summed E-state index contributed by atoms with van der Waals surface area (Å²) in [5.74, 6) is 0.577. The maximum Gasteiger partial charge on any atom is 0.143 e. The zero-order chi connectivity index (χ0) is 13.6. The van der Waals surface area contributed by atoms with Crippen LogP contribution in [-0.2, 0) is 7.05 Å². The molecule has 0 aliphatic carbocycles. The topological polar surface area (TPSA) is 81.9 Å². The van der Waals surface area contributed by atoms with Crippen molar-refractivity contribution in [3.63, 3.8) is 0 Å². The second kappa shape index (κ2) is 4.10. The first-order valence-corrected chi connectivity index (χ1v) is 6.01. The number of nitrogen functional groups attached to an aromatic ring is 1. The largest absolute Gasteiger partial charge is 0.399 e. The fourth-order valence-electron chi connectivity index (χ4n) is 2.19. The molecule has 0 saturated carbocycles. The number of nitrogens with zero attached hydrogens (tertiary/aromatic N) is 4. The molecule has 2 heterocycles. The number of fused-ring (bicyclic) bond motifs is 1. The molecule has 0 fully saturated rings. The van der Waals surface area contributed by atoms with Gasteiger partial charge in [0.2, 0.25) is 0 Å². The van der Waals surface area contributed by atoms with E-state index in [1.54, 1.807) is 23.9 Å². The Morgan fingerprint density at radius 2 is 2.16 bits per heavy atom. The first-order valence-electron chi connectivity index (χ1n) is 6.01. The summed E-state index contributed by atoms with van der Waals surface area (Å²) in [7, 11) is 1.85. The Morgan fingerprint density at radius 3 is 2.79 bits per heavy atom. The molecule has 0 amide bonds. The molecule has 1 aromatic carbocycles. The third-order valence-corrected chi connectivity index (χ3v) is 3.03. The summed E-state index contributed by atoms with van der Waals surface area (Å²) in [6.07, 6.45) is 2.95. The third-order valence-electron chi connectivity index (χ3n) is 3.03. The maximum atomic E-state index is 9.90. The van der Waals surface area contributed by atoms with Gasteiger partial charge in [-0.05, 0) is 25.1 Å². The smallest absolute Gasteiger partial charge is 0.143 e. The second-order valence-electron chi connectivity index (χ2n) is 4.60. The van der Waals surface area contributed by atoms with Gasteiger partial charge in [0.05, 0.1) is 22.9 Å². The van der Waals surface area contributed by atoms with Crippen molar-refractivity contribution < 1.29 is 5.11 Å². The quantitative estimate of drug-likeness (QED) is 0.680. The van der Waals surface area contributed by atoms with Crippen molar-refractivity contribution in [1.82, 2.24) is 19.3 Å². The summed E-state index contributed by atoms with van der Waals surface area (Å²) in [6, 6.07) is 5.52. The molecule has 1 atom stereocenters. The lowest BCUT2D eigenvalue weighted by atomic mass is 10.3. The normalized spacial score (nSPS) is 13.0. The highest BCUT2D eigenvalue weighted by atomic mass is 16.3. The molecule has 0 bridgehead atoms. The van der Waals surface area contributed by atoms with Crippen LogP contribution in [0.1, 0.15) is 18.9 Å². The van der Waals surface area contributed by atoms with Gasteiger partial charge in [-0.1, -0.05) is 0 Å². The molecular formula is C13H15N5O. The lowest BCUT2D eigenvalue weighted by Crippen LogP contribution is -2.04. The van der Waals surface area contributed by atoms with Crippen molar-refractivity contribution in [2.24, 2.45) is 7.05 Å². The highest BCUT2D eigenvalue weighted by Gasteiger charge is 2.17. The van der Waals surface area contributed by atoms with Gasteiger partial charge in [0, 0.05) is 18.9 Å². The molecule has 0 aliphatic rings. The van der Waals surface area contributed by atoms with Gasteiger partial charge in [0.15, 0.2) is 0 Å². The van der Waals surface area contributed by atoms with Crippen LogP contribution in [0.3, 0.4) is 0 Å². The number of aromatic nitrogens is 4. The minimum atomic E-state index is -0.672. The summed E-state index contributed by atoms with van der Waals surface area (Å²) in [6.45, 7) is 1.69. The lowest BCUT2D eigenvalue weighted by molar-refractivity contribution is 0.187. The summed E-state index contributed by atoms with van der Waals surface area (Å²) < 4.78 is 3.61. The number of aryl methyl sites for hydroxylation is 1. The highest BCUT2D eigenvalue weighted by Crippen LogP contribution is 2.26. The van der Waals surface area contributed by atoms with E-state index < -0.39 is 6.10 Å². The molecule has 19 heavy (non-hydrogen) atoms. The second-order valence-corrected chi connectivity index (χ2v) is 4.60. The van der Waals surface area contributed by atoms with Crippen LogP contribution in [0.25, 0.3) is 16.7 Å². The molecule has 0 saturated heterocycles. The van der Waals surface area contributed by atoms with E-state index in [9.17, 15) is 5.11 Å². The monoisotopic (exact) mass is 257 g/mol. The molecule has 1 unspecified atom stereocenters. The first-order chi connectivity index (χ1) is 9.06. The van der Waals surface area contributed by atoms with E-state index in [-0.39, 0.29) is 0 Å². The zero-order valence-electron chi connectivity index (χ0n) is 10.8. The molecule has 3 aromatic rings. The van der Waals surface area contributed by atoms with Gasteiger partial charge in [0.1, 0.15) is 11.9 Å². The van der Waals surface area contributed by atoms with E-state index in [0.29, 0.717) is 11.5 Å². The standard InChI is InChI=1S/C13H15N5O/c1-8(19)13-16-11-5-9(14)3-4-12(11)18(13)10-6-15-17(2)7-10/h3-8,19H,14H2,1-2H3. The summed E-state index contributed by atoms with van der Waals surface area (Å²) in [5.41, 5.74) is 8.96. The van der Waals surface area contributed by atoms with Crippen LogP contribution in [0.5, 0.6) is 0 Å². The van der Waals surface area contributed by atoms with Gasteiger partial charge in [0.25, 0.3) is 0 Å². The number of benzene rings is 1. The third kappa shape index (κ3) is 1.86. The molecule has 6 heteroatoms. The Labute approximate surface area is 110 Å². The molecule has 98 valence electrons. The molecule has 0 radical (unpaired) electrons. The van der Waals surface area contributed by atoms with Gasteiger partial charge in [-0.25, -0.2) is 4.98 Å². The van der Waals surface area contributed by atoms with Crippen molar-refractivity contribution in [2.45, 2.75) is 13.0 Å². The van der Waals surface area contributed by atoms with Gasteiger partial charge in [-0.15, -0.1) is 0 Å². The molecule has 6 nitrogen and oxygen atoms in total. The zero-order valence-corrected chi connectivity index (χ0v) is 10.8.